The molecule has 24 heavy (non-hydrogen) atoms. The summed E-state index contributed by atoms with van der Waals surface area (Å²) in [6, 6.07) is 14.8. The first-order chi connectivity index (χ1) is 11.5. The largest absolute Gasteiger partial charge is 0.445 e. The predicted octanol–water partition coefficient (Wildman–Crippen LogP) is 3.44. The van der Waals surface area contributed by atoms with Crippen LogP contribution < -0.4 is 0 Å². The Balaban J connectivity index is 1.74. The molecule has 5 nitrogen and oxygen atoms in total. The molecule has 2 aromatic rings. The molecule has 0 N–H and O–H groups in total. The van der Waals surface area contributed by atoms with E-state index in [1.54, 1.807) is 6.07 Å². The zero-order chi connectivity index (χ0) is 17.1. The van der Waals surface area contributed by atoms with Crippen LogP contribution in [0.25, 0.3) is 0 Å². The van der Waals surface area contributed by atoms with Gasteiger partial charge in [-0.25, -0.2) is 9.59 Å². The van der Waals surface area contributed by atoms with E-state index in [0.717, 1.165) is 21.8 Å². The van der Waals surface area contributed by atoms with Gasteiger partial charge in [-0.3, -0.25) is 0 Å². The molecule has 1 saturated heterocycles. The monoisotopic (exact) mass is 325 g/mol. The summed E-state index contributed by atoms with van der Waals surface area (Å²) in [7, 11) is 0. The van der Waals surface area contributed by atoms with Gasteiger partial charge in [0.15, 0.2) is 0 Å². The van der Waals surface area contributed by atoms with Gasteiger partial charge in [0.2, 0.25) is 0 Å². The highest BCUT2D eigenvalue weighted by Crippen LogP contribution is 2.20. The minimum absolute atomic E-state index is 0.202. The zero-order valence-corrected chi connectivity index (χ0v) is 13.7. The Morgan fingerprint density at radius 3 is 2.67 bits per heavy atom. The SMILES string of the molecule is Cc1ccc(C(=O)ON2C(=O)OC[C@@H]2Cc2ccccc2)c(C)c1. The van der Waals surface area contributed by atoms with Gasteiger partial charge in [-0.05, 0) is 37.5 Å². The van der Waals surface area contributed by atoms with Gasteiger partial charge in [0, 0.05) is 0 Å². The van der Waals surface area contributed by atoms with Crippen molar-refractivity contribution < 1.29 is 19.2 Å². The summed E-state index contributed by atoms with van der Waals surface area (Å²) in [5.41, 5.74) is 3.37. The lowest BCUT2D eigenvalue weighted by molar-refractivity contribution is -0.0850. The van der Waals surface area contributed by atoms with E-state index in [0.29, 0.717) is 12.0 Å². The number of hydroxylamine groups is 2. The van der Waals surface area contributed by atoms with Gasteiger partial charge < -0.3 is 9.57 Å². The third-order valence-corrected chi connectivity index (χ3v) is 4.01. The number of hydrogen-bond donors (Lipinski definition) is 0. The van der Waals surface area contributed by atoms with Gasteiger partial charge in [-0.15, -0.1) is 5.06 Å². The molecule has 1 atom stereocenters. The molecule has 1 heterocycles. The van der Waals surface area contributed by atoms with E-state index in [-0.39, 0.29) is 12.6 Å². The van der Waals surface area contributed by atoms with Crippen molar-refractivity contribution in [3.05, 3.63) is 70.8 Å². The summed E-state index contributed by atoms with van der Waals surface area (Å²) in [6.07, 6.45) is -0.0683. The van der Waals surface area contributed by atoms with Crippen LogP contribution in [0.15, 0.2) is 48.5 Å². The molecule has 0 radical (unpaired) electrons. The summed E-state index contributed by atoms with van der Waals surface area (Å²) in [6.45, 7) is 4.00. The minimum atomic E-state index is -0.631. The lowest BCUT2D eigenvalue weighted by atomic mass is 10.1. The van der Waals surface area contributed by atoms with Crippen LogP contribution in [0.5, 0.6) is 0 Å². The summed E-state index contributed by atoms with van der Waals surface area (Å²) >= 11 is 0. The third-order valence-electron chi connectivity index (χ3n) is 4.01. The fraction of sp³-hybridized carbons (Fsp3) is 0.263. The second-order valence-corrected chi connectivity index (χ2v) is 5.94. The van der Waals surface area contributed by atoms with Crippen LogP contribution >= 0.6 is 0 Å². The molecular weight excluding hydrogens is 306 g/mol. The van der Waals surface area contributed by atoms with Gasteiger partial charge >= 0.3 is 12.1 Å². The summed E-state index contributed by atoms with van der Waals surface area (Å²) in [5, 5.41) is 1.05. The second kappa shape index (κ2) is 6.74. The van der Waals surface area contributed by atoms with Crippen LogP contribution in [0.1, 0.15) is 27.0 Å². The van der Waals surface area contributed by atoms with Crippen molar-refractivity contribution in [2.75, 3.05) is 6.61 Å². The summed E-state index contributed by atoms with van der Waals surface area (Å²) in [5.74, 6) is -0.551. The molecule has 0 aliphatic carbocycles. The maximum absolute atomic E-state index is 12.4. The first kappa shape index (κ1) is 16.1. The van der Waals surface area contributed by atoms with Gasteiger partial charge in [0.05, 0.1) is 5.56 Å². The fourth-order valence-electron chi connectivity index (χ4n) is 2.77. The average Bonchev–Trinajstić information content (AvgIpc) is 2.89. The lowest BCUT2D eigenvalue weighted by Gasteiger charge is -2.20. The molecule has 5 heteroatoms. The topological polar surface area (TPSA) is 55.8 Å². The molecule has 0 saturated carbocycles. The van der Waals surface area contributed by atoms with E-state index in [9.17, 15) is 9.59 Å². The Morgan fingerprint density at radius 1 is 1.21 bits per heavy atom. The molecule has 0 aromatic heterocycles. The predicted molar refractivity (Wildman–Crippen MR) is 88.5 cm³/mol. The molecule has 0 spiro atoms. The lowest BCUT2D eigenvalue weighted by Crippen LogP contribution is -2.37. The first-order valence-corrected chi connectivity index (χ1v) is 7.84. The maximum Gasteiger partial charge on any atom is 0.443 e. The third kappa shape index (κ3) is 3.40. The fourth-order valence-corrected chi connectivity index (χ4v) is 2.77. The van der Waals surface area contributed by atoms with Gasteiger partial charge in [0.1, 0.15) is 12.6 Å². The van der Waals surface area contributed by atoms with Crippen LogP contribution in [0.3, 0.4) is 0 Å². The number of carbonyl (C=O) groups is 2. The molecule has 1 aliphatic rings. The highest BCUT2D eigenvalue weighted by molar-refractivity contribution is 5.91. The highest BCUT2D eigenvalue weighted by atomic mass is 16.8. The van der Waals surface area contributed by atoms with Crippen LogP contribution in [0.2, 0.25) is 0 Å². The number of cyclic esters (lactones) is 1. The standard InChI is InChI=1S/C19H19NO4/c1-13-8-9-17(14(2)10-13)18(21)24-20-16(12-23-19(20)22)11-15-6-4-3-5-7-15/h3-10,16H,11-12H2,1-2H3/t16-/m0/s1. The van der Waals surface area contributed by atoms with E-state index >= 15 is 0 Å². The minimum Gasteiger partial charge on any atom is -0.445 e. The van der Waals surface area contributed by atoms with Crippen molar-refractivity contribution in [3.63, 3.8) is 0 Å². The van der Waals surface area contributed by atoms with Crippen LogP contribution in [-0.2, 0) is 16.0 Å². The number of ether oxygens (including phenoxy) is 1. The molecule has 0 bridgehead atoms. The normalized spacial score (nSPS) is 16.8. The number of rotatable bonds is 4. The van der Waals surface area contributed by atoms with Crippen LogP contribution in [-0.4, -0.2) is 29.8 Å². The van der Waals surface area contributed by atoms with E-state index in [2.05, 4.69) is 0 Å². The number of aryl methyl sites for hydroxylation is 2. The number of carbonyl (C=O) groups excluding carboxylic acids is 2. The van der Waals surface area contributed by atoms with Gasteiger partial charge in [0.25, 0.3) is 0 Å². The van der Waals surface area contributed by atoms with E-state index in [1.165, 1.54) is 0 Å². The summed E-state index contributed by atoms with van der Waals surface area (Å²) in [4.78, 5) is 29.6. The number of nitrogens with zero attached hydrogens (tertiary/aromatic N) is 1. The Hall–Kier alpha value is -2.82. The molecule has 0 unspecified atom stereocenters. The molecule has 1 fully saturated rings. The zero-order valence-electron chi connectivity index (χ0n) is 13.7. The van der Waals surface area contributed by atoms with E-state index in [4.69, 9.17) is 9.57 Å². The number of benzene rings is 2. The Labute approximate surface area is 140 Å². The Kier molecular flexibility index (Phi) is 4.51. The molecule has 124 valence electrons. The second-order valence-electron chi connectivity index (χ2n) is 5.94. The Morgan fingerprint density at radius 2 is 1.96 bits per heavy atom. The van der Waals surface area contributed by atoms with Crippen molar-refractivity contribution in [3.8, 4) is 0 Å². The molecule has 1 amide bonds. The summed E-state index contributed by atoms with van der Waals surface area (Å²) < 4.78 is 5.05. The van der Waals surface area contributed by atoms with Crippen molar-refractivity contribution >= 4 is 12.1 Å². The quantitative estimate of drug-likeness (QED) is 0.864. The maximum atomic E-state index is 12.4. The first-order valence-electron chi connectivity index (χ1n) is 7.84. The molecule has 1 aliphatic heterocycles. The van der Waals surface area contributed by atoms with Crippen molar-refractivity contribution in [1.29, 1.82) is 0 Å². The smallest absolute Gasteiger partial charge is 0.443 e. The van der Waals surface area contributed by atoms with Crippen molar-refractivity contribution in [2.45, 2.75) is 26.3 Å². The van der Waals surface area contributed by atoms with E-state index in [1.807, 2.05) is 56.3 Å². The Bertz CT molecular complexity index is 757. The highest BCUT2D eigenvalue weighted by Gasteiger charge is 2.37. The van der Waals surface area contributed by atoms with Crippen molar-refractivity contribution in [1.82, 2.24) is 5.06 Å². The molecule has 3 rings (SSSR count). The van der Waals surface area contributed by atoms with Gasteiger partial charge in [-0.1, -0.05) is 48.0 Å². The van der Waals surface area contributed by atoms with Crippen LogP contribution in [0, 0.1) is 13.8 Å². The number of amides is 1. The van der Waals surface area contributed by atoms with E-state index < -0.39 is 12.1 Å². The van der Waals surface area contributed by atoms with Crippen LogP contribution in [0.4, 0.5) is 4.79 Å². The molecule has 2 aromatic carbocycles. The van der Waals surface area contributed by atoms with Gasteiger partial charge in [-0.2, -0.15) is 0 Å². The molecular formula is C19H19NO4. The van der Waals surface area contributed by atoms with Crippen molar-refractivity contribution in [2.24, 2.45) is 0 Å². The number of hydrogen-bond acceptors (Lipinski definition) is 4. The average molecular weight is 325 g/mol.